The summed E-state index contributed by atoms with van der Waals surface area (Å²) in [5.41, 5.74) is 6.11. The van der Waals surface area contributed by atoms with Gasteiger partial charge in [0.1, 0.15) is 5.82 Å². The standard InChI is InChI=1S/C25H28N2/c1-5-25-26-23-12-10-20(15-24(23)27-25)21-8-6-7-19-14-18(9-11-22(19)21)13-17(4)16(2)3/h6-12,14-17H,5,13H2,1-4H3,(H,26,27). The molecule has 4 rings (SSSR count). The fourth-order valence-corrected chi connectivity index (χ4v) is 3.72. The maximum atomic E-state index is 4.63. The number of aryl methyl sites for hydroxylation is 1. The second-order valence-electron chi connectivity index (χ2n) is 8.06. The van der Waals surface area contributed by atoms with Gasteiger partial charge in [0.2, 0.25) is 0 Å². The lowest BCUT2D eigenvalue weighted by molar-refractivity contribution is 0.417. The molecule has 0 aliphatic carbocycles. The van der Waals surface area contributed by atoms with E-state index in [1.54, 1.807) is 0 Å². The average Bonchev–Trinajstić information content (AvgIpc) is 3.09. The van der Waals surface area contributed by atoms with E-state index in [0.717, 1.165) is 29.7 Å². The van der Waals surface area contributed by atoms with Gasteiger partial charge in [0.25, 0.3) is 0 Å². The molecule has 27 heavy (non-hydrogen) atoms. The lowest BCUT2D eigenvalue weighted by Gasteiger charge is -2.16. The SMILES string of the molecule is CCc1nc2ccc(-c3cccc4cc(CC(C)C(C)C)ccc34)cc2[nH]1. The molecule has 138 valence electrons. The summed E-state index contributed by atoms with van der Waals surface area (Å²) in [6.07, 6.45) is 2.06. The van der Waals surface area contributed by atoms with Gasteiger partial charge in [-0.3, -0.25) is 0 Å². The molecule has 4 aromatic rings. The van der Waals surface area contributed by atoms with Gasteiger partial charge in [0, 0.05) is 6.42 Å². The van der Waals surface area contributed by atoms with Gasteiger partial charge in [-0.25, -0.2) is 4.98 Å². The van der Waals surface area contributed by atoms with Crippen molar-refractivity contribution < 1.29 is 0 Å². The molecule has 0 aliphatic rings. The average molecular weight is 357 g/mol. The number of benzene rings is 3. The molecule has 2 nitrogen and oxygen atoms in total. The Kier molecular flexibility index (Phi) is 4.73. The van der Waals surface area contributed by atoms with Crippen LogP contribution in [0.15, 0.2) is 54.6 Å². The zero-order chi connectivity index (χ0) is 19.0. The first-order valence-corrected chi connectivity index (χ1v) is 10.1. The Morgan fingerprint density at radius 2 is 1.81 bits per heavy atom. The lowest BCUT2D eigenvalue weighted by atomic mass is 9.89. The normalized spacial score (nSPS) is 12.9. The third kappa shape index (κ3) is 3.49. The van der Waals surface area contributed by atoms with Crippen LogP contribution in [-0.2, 0) is 12.8 Å². The summed E-state index contributed by atoms with van der Waals surface area (Å²) in [5.74, 6) is 2.45. The zero-order valence-corrected chi connectivity index (χ0v) is 16.7. The van der Waals surface area contributed by atoms with Gasteiger partial charge in [-0.1, -0.05) is 70.2 Å². The number of imidazole rings is 1. The topological polar surface area (TPSA) is 28.7 Å². The van der Waals surface area contributed by atoms with E-state index in [1.807, 2.05) is 0 Å². The molecule has 0 aliphatic heterocycles. The van der Waals surface area contributed by atoms with Crippen molar-refractivity contribution in [3.8, 4) is 11.1 Å². The van der Waals surface area contributed by atoms with E-state index in [-0.39, 0.29) is 0 Å². The van der Waals surface area contributed by atoms with Crippen LogP contribution < -0.4 is 0 Å². The first kappa shape index (κ1) is 17.8. The van der Waals surface area contributed by atoms with Crippen LogP contribution >= 0.6 is 0 Å². The van der Waals surface area contributed by atoms with Crippen molar-refractivity contribution in [2.45, 2.75) is 40.5 Å². The van der Waals surface area contributed by atoms with E-state index in [2.05, 4.69) is 92.3 Å². The molecule has 0 saturated heterocycles. The number of fused-ring (bicyclic) bond motifs is 2. The van der Waals surface area contributed by atoms with Crippen molar-refractivity contribution >= 4 is 21.8 Å². The highest BCUT2D eigenvalue weighted by molar-refractivity contribution is 5.98. The summed E-state index contributed by atoms with van der Waals surface area (Å²) in [5, 5.41) is 2.63. The molecular weight excluding hydrogens is 328 g/mol. The third-order valence-corrected chi connectivity index (χ3v) is 5.82. The van der Waals surface area contributed by atoms with Gasteiger partial charge >= 0.3 is 0 Å². The predicted molar refractivity (Wildman–Crippen MR) is 116 cm³/mol. The van der Waals surface area contributed by atoms with Gasteiger partial charge in [-0.15, -0.1) is 0 Å². The number of nitrogens with one attached hydrogen (secondary N) is 1. The number of aromatic nitrogens is 2. The van der Waals surface area contributed by atoms with Crippen molar-refractivity contribution in [1.29, 1.82) is 0 Å². The van der Waals surface area contributed by atoms with Crippen LogP contribution in [0.2, 0.25) is 0 Å². The molecule has 1 N–H and O–H groups in total. The predicted octanol–water partition coefficient (Wildman–Crippen LogP) is 6.78. The fourth-order valence-electron chi connectivity index (χ4n) is 3.72. The number of rotatable bonds is 5. The Morgan fingerprint density at radius 1 is 0.963 bits per heavy atom. The van der Waals surface area contributed by atoms with Gasteiger partial charge in [0.15, 0.2) is 0 Å². The number of hydrogen-bond acceptors (Lipinski definition) is 1. The van der Waals surface area contributed by atoms with Crippen LogP contribution in [0.25, 0.3) is 32.9 Å². The summed E-state index contributed by atoms with van der Waals surface area (Å²) in [7, 11) is 0. The number of H-pyrrole nitrogens is 1. The largest absolute Gasteiger partial charge is 0.342 e. The molecule has 1 heterocycles. The summed E-state index contributed by atoms with van der Waals surface area (Å²) in [6.45, 7) is 9.08. The fraction of sp³-hybridized carbons (Fsp3) is 0.320. The van der Waals surface area contributed by atoms with Crippen molar-refractivity contribution in [2.24, 2.45) is 11.8 Å². The highest BCUT2D eigenvalue weighted by Gasteiger charge is 2.11. The summed E-state index contributed by atoms with van der Waals surface area (Å²) < 4.78 is 0. The molecule has 0 saturated carbocycles. The number of nitrogens with zero attached hydrogens (tertiary/aromatic N) is 1. The molecule has 0 radical (unpaired) electrons. The van der Waals surface area contributed by atoms with Crippen molar-refractivity contribution in [3.63, 3.8) is 0 Å². The summed E-state index contributed by atoms with van der Waals surface area (Å²) >= 11 is 0. The molecule has 0 bridgehead atoms. The molecule has 1 unspecified atom stereocenters. The minimum absolute atomic E-state index is 0.696. The van der Waals surface area contributed by atoms with Crippen LogP contribution in [0, 0.1) is 11.8 Å². The van der Waals surface area contributed by atoms with E-state index in [1.165, 1.54) is 27.5 Å². The Bertz CT molecular complexity index is 1090. The molecule has 0 spiro atoms. The third-order valence-electron chi connectivity index (χ3n) is 5.82. The molecular formula is C25H28N2. The lowest BCUT2D eigenvalue weighted by Crippen LogP contribution is -2.07. The van der Waals surface area contributed by atoms with Gasteiger partial charge in [-0.2, -0.15) is 0 Å². The maximum Gasteiger partial charge on any atom is 0.106 e. The Hall–Kier alpha value is -2.61. The second-order valence-corrected chi connectivity index (χ2v) is 8.06. The van der Waals surface area contributed by atoms with Gasteiger partial charge in [-0.05, 0) is 57.9 Å². The van der Waals surface area contributed by atoms with E-state index < -0.39 is 0 Å². The Labute approximate surface area is 161 Å². The first-order chi connectivity index (χ1) is 13.0. The smallest absolute Gasteiger partial charge is 0.106 e. The molecule has 3 aromatic carbocycles. The van der Waals surface area contributed by atoms with Crippen LogP contribution in [-0.4, -0.2) is 9.97 Å². The highest BCUT2D eigenvalue weighted by Crippen LogP contribution is 2.31. The van der Waals surface area contributed by atoms with Crippen LogP contribution in [0.3, 0.4) is 0 Å². The monoisotopic (exact) mass is 356 g/mol. The summed E-state index contributed by atoms with van der Waals surface area (Å²) in [4.78, 5) is 8.06. The van der Waals surface area contributed by atoms with Crippen LogP contribution in [0.4, 0.5) is 0 Å². The zero-order valence-electron chi connectivity index (χ0n) is 16.7. The van der Waals surface area contributed by atoms with Crippen molar-refractivity contribution in [2.75, 3.05) is 0 Å². The highest BCUT2D eigenvalue weighted by atomic mass is 14.9. The molecule has 1 atom stereocenters. The minimum atomic E-state index is 0.696. The molecule has 2 heteroatoms. The van der Waals surface area contributed by atoms with E-state index in [4.69, 9.17) is 0 Å². The van der Waals surface area contributed by atoms with Gasteiger partial charge in [0.05, 0.1) is 11.0 Å². The first-order valence-electron chi connectivity index (χ1n) is 10.1. The number of aromatic amines is 1. The van der Waals surface area contributed by atoms with Crippen molar-refractivity contribution in [3.05, 3.63) is 66.0 Å². The number of hydrogen-bond donors (Lipinski definition) is 1. The minimum Gasteiger partial charge on any atom is -0.342 e. The van der Waals surface area contributed by atoms with E-state index in [9.17, 15) is 0 Å². The Balaban J connectivity index is 1.75. The Morgan fingerprint density at radius 3 is 2.59 bits per heavy atom. The van der Waals surface area contributed by atoms with E-state index in [0.29, 0.717) is 11.8 Å². The second kappa shape index (κ2) is 7.19. The molecule has 1 aromatic heterocycles. The quantitative estimate of drug-likeness (QED) is 0.419. The van der Waals surface area contributed by atoms with Crippen LogP contribution in [0.1, 0.15) is 39.1 Å². The van der Waals surface area contributed by atoms with E-state index >= 15 is 0 Å². The summed E-state index contributed by atoms with van der Waals surface area (Å²) in [6, 6.07) is 20.1. The van der Waals surface area contributed by atoms with Crippen LogP contribution in [0.5, 0.6) is 0 Å². The molecule has 0 amide bonds. The maximum absolute atomic E-state index is 4.63. The van der Waals surface area contributed by atoms with Crippen molar-refractivity contribution in [1.82, 2.24) is 9.97 Å². The van der Waals surface area contributed by atoms with Gasteiger partial charge < -0.3 is 4.98 Å². The molecule has 0 fully saturated rings.